The molecule has 1 heterocycles. The molecule has 0 aliphatic carbocycles. The fraction of sp³-hybridized carbons (Fsp3) is 1.00. The quantitative estimate of drug-likeness (QED) is 0.633. The van der Waals surface area contributed by atoms with Crippen LogP contribution in [-0.2, 0) is 0 Å². The van der Waals surface area contributed by atoms with E-state index in [0.717, 1.165) is 13.0 Å². The van der Waals surface area contributed by atoms with E-state index in [2.05, 4.69) is 5.32 Å². The first kappa shape index (κ1) is 9.01. The van der Waals surface area contributed by atoms with Crippen molar-refractivity contribution in [2.75, 3.05) is 6.54 Å². The molecular formula is C9H19NO. The molecule has 2 atom stereocenters. The second-order valence-electron chi connectivity index (χ2n) is 3.59. The second-order valence-corrected chi connectivity index (χ2v) is 3.59. The first-order valence-corrected chi connectivity index (χ1v) is 4.70. The van der Waals surface area contributed by atoms with E-state index in [1.165, 1.54) is 25.7 Å². The van der Waals surface area contributed by atoms with E-state index in [1.54, 1.807) is 0 Å². The molecular weight excluding hydrogens is 138 g/mol. The molecule has 0 spiro atoms. The van der Waals surface area contributed by atoms with Crippen molar-refractivity contribution in [1.29, 1.82) is 0 Å². The Morgan fingerprint density at radius 1 is 1.45 bits per heavy atom. The Hall–Kier alpha value is -0.0800. The fourth-order valence-electron chi connectivity index (χ4n) is 1.71. The van der Waals surface area contributed by atoms with Crippen LogP contribution in [0.2, 0.25) is 0 Å². The molecule has 0 aromatic rings. The predicted molar refractivity (Wildman–Crippen MR) is 46.6 cm³/mol. The van der Waals surface area contributed by atoms with E-state index in [9.17, 15) is 0 Å². The van der Waals surface area contributed by atoms with Gasteiger partial charge in [0.1, 0.15) is 0 Å². The lowest BCUT2D eigenvalue weighted by atomic mass is 10.1. The van der Waals surface area contributed by atoms with Crippen LogP contribution in [0.15, 0.2) is 0 Å². The van der Waals surface area contributed by atoms with Gasteiger partial charge in [0.2, 0.25) is 0 Å². The Morgan fingerprint density at radius 2 is 2.27 bits per heavy atom. The summed E-state index contributed by atoms with van der Waals surface area (Å²) in [6, 6.07) is 0.567. The first-order valence-electron chi connectivity index (χ1n) is 4.70. The van der Waals surface area contributed by atoms with Crippen molar-refractivity contribution >= 4 is 0 Å². The molecule has 0 saturated carbocycles. The number of aliphatic hydroxyl groups excluding tert-OH is 1. The van der Waals surface area contributed by atoms with Gasteiger partial charge in [-0.3, -0.25) is 0 Å². The summed E-state index contributed by atoms with van der Waals surface area (Å²) in [5.41, 5.74) is 0. The highest BCUT2D eigenvalue weighted by Crippen LogP contribution is 2.12. The number of nitrogens with one attached hydrogen (secondary N) is 1. The van der Waals surface area contributed by atoms with Crippen molar-refractivity contribution in [2.45, 2.75) is 51.2 Å². The summed E-state index contributed by atoms with van der Waals surface area (Å²) in [4.78, 5) is 0. The van der Waals surface area contributed by atoms with Crippen LogP contribution < -0.4 is 5.32 Å². The van der Waals surface area contributed by atoms with Gasteiger partial charge in [-0.15, -0.1) is 0 Å². The van der Waals surface area contributed by atoms with Crippen LogP contribution in [0.3, 0.4) is 0 Å². The van der Waals surface area contributed by atoms with Crippen LogP contribution in [0.5, 0.6) is 0 Å². The smallest absolute Gasteiger partial charge is 0.0526 e. The maximum Gasteiger partial charge on any atom is 0.0526 e. The standard InChI is InChI=1S/C9H19NO/c1-8(11)7-9-5-3-2-4-6-10-9/h8-11H,2-7H2,1H3/t8-,9+/m0/s1. The van der Waals surface area contributed by atoms with Crippen molar-refractivity contribution in [2.24, 2.45) is 0 Å². The van der Waals surface area contributed by atoms with Crippen LogP contribution in [0, 0.1) is 0 Å². The van der Waals surface area contributed by atoms with E-state index in [0.29, 0.717) is 6.04 Å². The molecule has 0 radical (unpaired) electrons. The zero-order valence-electron chi connectivity index (χ0n) is 7.34. The van der Waals surface area contributed by atoms with Gasteiger partial charge in [-0.05, 0) is 32.7 Å². The molecule has 1 saturated heterocycles. The predicted octanol–water partition coefficient (Wildman–Crippen LogP) is 1.29. The van der Waals surface area contributed by atoms with Gasteiger partial charge in [-0.1, -0.05) is 12.8 Å². The van der Waals surface area contributed by atoms with Gasteiger partial charge in [0.05, 0.1) is 6.10 Å². The van der Waals surface area contributed by atoms with Crippen molar-refractivity contribution in [1.82, 2.24) is 5.32 Å². The Labute approximate surface area is 69.0 Å². The van der Waals surface area contributed by atoms with Gasteiger partial charge in [0.25, 0.3) is 0 Å². The van der Waals surface area contributed by atoms with Crippen molar-refractivity contribution in [3.8, 4) is 0 Å². The fourth-order valence-corrected chi connectivity index (χ4v) is 1.71. The largest absolute Gasteiger partial charge is 0.393 e. The molecule has 1 fully saturated rings. The van der Waals surface area contributed by atoms with E-state index < -0.39 is 0 Å². The molecule has 0 bridgehead atoms. The lowest BCUT2D eigenvalue weighted by molar-refractivity contribution is 0.167. The molecule has 11 heavy (non-hydrogen) atoms. The third-order valence-corrected chi connectivity index (χ3v) is 2.29. The molecule has 1 aliphatic heterocycles. The number of hydrogen-bond acceptors (Lipinski definition) is 2. The summed E-state index contributed by atoms with van der Waals surface area (Å²) in [7, 11) is 0. The van der Waals surface area contributed by atoms with E-state index in [1.807, 2.05) is 6.92 Å². The second kappa shape index (κ2) is 4.73. The molecule has 66 valence electrons. The van der Waals surface area contributed by atoms with Crippen molar-refractivity contribution < 1.29 is 5.11 Å². The van der Waals surface area contributed by atoms with Gasteiger partial charge in [0.15, 0.2) is 0 Å². The summed E-state index contributed by atoms with van der Waals surface area (Å²) < 4.78 is 0. The van der Waals surface area contributed by atoms with E-state index in [-0.39, 0.29) is 6.10 Å². The van der Waals surface area contributed by atoms with Crippen molar-refractivity contribution in [3.05, 3.63) is 0 Å². The maximum absolute atomic E-state index is 9.16. The van der Waals surface area contributed by atoms with Gasteiger partial charge < -0.3 is 10.4 Å². The molecule has 0 unspecified atom stereocenters. The molecule has 1 rings (SSSR count). The molecule has 0 aromatic carbocycles. The Kier molecular flexibility index (Phi) is 3.87. The zero-order valence-corrected chi connectivity index (χ0v) is 7.34. The summed E-state index contributed by atoms with van der Waals surface area (Å²) in [6.45, 7) is 3.00. The lowest BCUT2D eigenvalue weighted by Gasteiger charge is -2.16. The average molecular weight is 157 g/mol. The normalized spacial score (nSPS) is 29.5. The maximum atomic E-state index is 9.16. The third-order valence-electron chi connectivity index (χ3n) is 2.29. The average Bonchev–Trinajstić information content (AvgIpc) is 2.14. The molecule has 0 aromatic heterocycles. The monoisotopic (exact) mass is 157 g/mol. The number of hydrogen-bond donors (Lipinski definition) is 2. The molecule has 1 aliphatic rings. The summed E-state index contributed by atoms with van der Waals surface area (Å²) in [6.07, 6.45) is 5.99. The minimum Gasteiger partial charge on any atom is -0.393 e. The van der Waals surface area contributed by atoms with Crippen LogP contribution >= 0.6 is 0 Å². The van der Waals surface area contributed by atoms with Gasteiger partial charge >= 0.3 is 0 Å². The minimum atomic E-state index is -0.148. The van der Waals surface area contributed by atoms with Gasteiger partial charge in [0, 0.05) is 6.04 Å². The molecule has 2 nitrogen and oxygen atoms in total. The Bertz CT molecular complexity index is 95.7. The Balaban J connectivity index is 2.20. The van der Waals surface area contributed by atoms with Crippen LogP contribution in [0.1, 0.15) is 39.0 Å². The van der Waals surface area contributed by atoms with E-state index in [4.69, 9.17) is 5.11 Å². The number of aliphatic hydroxyl groups is 1. The molecule has 2 N–H and O–H groups in total. The highest BCUT2D eigenvalue weighted by Gasteiger charge is 2.12. The Morgan fingerprint density at radius 3 is 3.00 bits per heavy atom. The lowest BCUT2D eigenvalue weighted by Crippen LogP contribution is -2.31. The summed E-state index contributed by atoms with van der Waals surface area (Å²) in [5.74, 6) is 0. The summed E-state index contributed by atoms with van der Waals surface area (Å²) in [5, 5.41) is 12.6. The van der Waals surface area contributed by atoms with Crippen molar-refractivity contribution in [3.63, 3.8) is 0 Å². The van der Waals surface area contributed by atoms with Crippen LogP contribution in [0.4, 0.5) is 0 Å². The highest BCUT2D eigenvalue weighted by molar-refractivity contribution is 4.72. The minimum absolute atomic E-state index is 0.148. The van der Waals surface area contributed by atoms with Gasteiger partial charge in [-0.2, -0.15) is 0 Å². The first-order chi connectivity index (χ1) is 5.29. The van der Waals surface area contributed by atoms with Crippen LogP contribution in [-0.4, -0.2) is 23.8 Å². The van der Waals surface area contributed by atoms with Crippen LogP contribution in [0.25, 0.3) is 0 Å². The SMILES string of the molecule is C[C@H](O)C[C@H]1CCCCCN1. The molecule has 0 amide bonds. The topological polar surface area (TPSA) is 32.3 Å². The number of rotatable bonds is 2. The summed E-state index contributed by atoms with van der Waals surface area (Å²) >= 11 is 0. The molecule has 2 heteroatoms. The highest BCUT2D eigenvalue weighted by atomic mass is 16.3. The van der Waals surface area contributed by atoms with Gasteiger partial charge in [-0.25, -0.2) is 0 Å². The third kappa shape index (κ3) is 3.73. The zero-order chi connectivity index (χ0) is 8.10. The van der Waals surface area contributed by atoms with E-state index >= 15 is 0 Å².